The summed E-state index contributed by atoms with van der Waals surface area (Å²) in [4.78, 5) is 8.66. The molecule has 6 heteroatoms. The predicted molar refractivity (Wildman–Crippen MR) is 132 cm³/mol. The fourth-order valence-corrected chi connectivity index (χ4v) is 4.30. The Labute approximate surface area is 192 Å². The van der Waals surface area contributed by atoms with E-state index in [9.17, 15) is 5.11 Å². The van der Waals surface area contributed by atoms with Crippen LogP contribution in [0.4, 0.5) is 5.82 Å². The van der Waals surface area contributed by atoms with Gasteiger partial charge in [-0.1, -0.05) is 42.5 Å². The fourth-order valence-electron chi connectivity index (χ4n) is 4.30. The molecule has 0 saturated heterocycles. The number of aliphatic hydroxyl groups is 1. The van der Waals surface area contributed by atoms with Crippen molar-refractivity contribution < 1.29 is 9.84 Å². The van der Waals surface area contributed by atoms with E-state index in [2.05, 4.69) is 34.6 Å². The summed E-state index contributed by atoms with van der Waals surface area (Å²) in [6.45, 7) is 6.01. The Morgan fingerprint density at radius 2 is 1.64 bits per heavy atom. The van der Waals surface area contributed by atoms with E-state index in [1.807, 2.05) is 60.7 Å². The average molecular weight is 439 g/mol. The third kappa shape index (κ3) is 3.68. The van der Waals surface area contributed by atoms with Crippen LogP contribution in [0.2, 0.25) is 0 Å². The van der Waals surface area contributed by atoms with E-state index in [-0.39, 0.29) is 6.04 Å². The Morgan fingerprint density at radius 3 is 2.33 bits per heavy atom. The summed E-state index contributed by atoms with van der Waals surface area (Å²) in [5, 5.41) is 12.9. The minimum atomic E-state index is -0.549. The Hall–Kier alpha value is -3.90. The number of benzene rings is 3. The van der Waals surface area contributed by atoms with Gasteiger partial charge in [0.2, 0.25) is 0 Å². The number of hydrogen-bond acceptors (Lipinski definition) is 5. The number of fused-ring (bicyclic) bond motifs is 2. The summed E-state index contributed by atoms with van der Waals surface area (Å²) in [6.07, 6.45) is 3.04. The lowest BCUT2D eigenvalue weighted by Gasteiger charge is -2.14. The molecule has 0 bridgehead atoms. The second-order valence-corrected chi connectivity index (χ2v) is 8.50. The van der Waals surface area contributed by atoms with Crippen molar-refractivity contribution in [3.63, 3.8) is 0 Å². The zero-order valence-corrected chi connectivity index (χ0v) is 18.9. The van der Waals surface area contributed by atoms with E-state index in [0.29, 0.717) is 5.82 Å². The number of aliphatic hydroxyl groups excluding tert-OH is 1. The molecule has 0 fully saturated rings. The van der Waals surface area contributed by atoms with Gasteiger partial charge in [-0.2, -0.15) is 0 Å². The molecule has 0 spiro atoms. The first kappa shape index (κ1) is 21.0. The van der Waals surface area contributed by atoms with Gasteiger partial charge in [-0.15, -0.1) is 0 Å². The van der Waals surface area contributed by atoms with Gasteiger partial charge in [0, 0.05) is 23.2 Å². The van der Waals surface area contributed by atoms with Crippen molar-refractivity contribution >= 4 is 27.6 Å². The zero-order valence-electron chi connectivity index (χ0n) is 18.9. The zero-order chi connectivity index (χ0) is 23.1. The fraction of sp³-hybridized carbons (Fsp3) is 0.185. The van der Waals surface area contributed by atoms with Crippen LogP contribution >= 0.6 is 0 Å². The molecule has 0 aliphatic carbocycles. The molecule has 1 atom stereocenters. The van der Waals surface area contributed by atoms with Gasteiger partial charge in [-0.3, -0.25) is 0 Å². The molecule has 5 rings (SSSR count). The van der Waals surface area contributed by atoms with Crippen molar-refractivity contribution in [2.24, 2.45) is 0 Å². The van der Waals surface area contributed by atoms with Crippen LogP contribution in [0, 0.1) is 0 Å². The number of nitrogens with zero attached hydrogens (tertiary/aromatic N) is 3. The van der Waals surface area contributed by atoms with Gasteiger partial charge in [0.15, 0.2) is 0 Å². The SMILES string of the molecule is CC(O)c1ccc(Oc2ccc(-c3cn(C(C)C)c4ncnc(N)c34)cc2)c2ccccc12. The highest BCUT2D eigenvalue weighted by Crippen LogP contribution is 2.37. The van der Waals surface area contributed by atoms with Gasteiger partial charge in [0.25, 0.3) is 0 Å². The summed E-state index contributed by atoms with van der Waals surface area (Å²) in [5.41, 5.74) is 9.95. The van der Waals surface area contributed by atoms with E-state index in [1.165, 1.54) is 6.33 Å². The van der Waals surface area contributed by atoms with Crippen molar-refractivity contribution in [2.75, 3.05) is 5.73 Å². The van der Waals surface area contributed by atoms with Crippen molar-refractivity contribution in [1.82, 2.24) is 14.5 Å². The van der Waals surface area contributed by atoms with E-state index in [4.69, 9.17) is 10.5 Å². The lowest BCUT2D eigenvalue weighted by Crippen LogP contribution is -2.00. The lowest BCUT2D eigenvalue weighted by molar-refractivity contribution is 0.201. The van der Waals surface area contributed by atoms with Gasteiger partial charge in [-0.25, -0.2) is 9.97 Å². The number of nitrogens with two attached hydrogens (primary N) is 1. The summed E-state index contributed by atoms with van der Waals surface area (Å²) in [5.74, 6) is 1.95. The Morgan fingerprint density at radius 1 is 0.909 bits per heavy atom. The Kier molecular flexibility index (Phi) is 5.23. The van der Waals surface area contributed by atoms with Crippen molar-refractivity contribution in [3.8, 4) is 22.6 Å². The standard InChI is InChI=1S/C27H26N4O2/c1-16(2)31-14-23(25-26(28)29-15-30-27(25)31)18-8-10-19(11-9-18)33-24-13-12-20(17(3)32)21-6-4-5-7-22(21)24/h4-17,32H,1-3H3,(H2,28,29,30). The monoisotopic (exact) mass is 438 g/mol. The van der Waals surface area contributed by atoms with Crippen LogP contribution < -0.4 is 10.5 Å². The minimum absolute atomic E-state index is 0.246. The number of hydrogen-bond donors (Lipinski definition) is 2. The van der Waals surface area contributed by atoms with Gasteiger partial charge in [0.05, 0.1) is 11.5 Å². The summed E-state index contributed by atoms with van der Waals surface area (Å²) >= 11 is 0. The molecular weight excluding hydrogens is 412 g/mol. The highest BCUT2D eigenvalue weighted by Gasteiger charge is 2.17. The lowest BCUT2D eigenvalue weighted by atomic mass is 10.0. The molecule has 166 valence electrons. The van der Waals surface area contributed by atoms with E-state index in [1.54, 1.807) is 6.92 Å². The van der Waals surface area contributed by atoms with Crippen LogP contribution in [0.25, 0.3) is 32.9 Å². The molecule has 2 aromatic heterocycles. The first-order chi connectivity index (χ1) is 15.9. The number of aromatic nitrogens is 3. The van der Waals surface area contributed by atoms with E-state index < -0.39 is 6.10 Å². The molecular formula is C27H26N4O2. The maximum absolute atomic E-state index is 10.1. The first-order valence-electron chi connectivity index (χ1n) is 11.0. The molecule has 1 unspecified atom stereocenters. The van der Waals surface area contributed by atoms with Crippen LogP contribution in [-0.2, 0) is 0 Å². The first-order valence-corrected chi connectivity index (χ1v) is 11.0. The number of rotatable bonds is 5. The highest BCUT2D eigenvalue weighted by atomic mass is 16.5. The van der Waals surface area contributed by atoms with Gasteiger partial charge < -0.3 is 20.1 Å². The second-order valence-electron chi connectivity index (χ2n) is 8.50. The van der Waals surface area contributed by atoms with Gasteiger partial charge >= 0.3 is 0 Å². The third-order valence-electron chi connectivity index (χ3n) is 5.96. The van der Waals surface area contributed by atoms with Crippen LogP contribution in [-0.4, -0.2) is 19.6 Å². The number of nitrogen functional groups attached to an aromatic ring is 1. The molecule has 0 saturated carbocycles. The second kappa shape index (κ2) is 8.22. The smallest absolute Gasteiger partial charge is 0.146 e. The summed E-state index contributed by atoms with van der Waals surface area (Å²) in [7, 11) is 0. The summed E-state index contributed by atoms with van der Waals surface area (Å²) < 4.78 is 8.35. The molecule has 6 nitrogen and oxygen atoms in total. The quantitative estimate of drug-likeness (QED) is 0.338. The Balaban J connectivity index is 1.52. The molecule has 3 aromatic carbocycles. The maximum Gasteiger partial charge on any atom is 0.146 e. The van der Waals surface area contributed by atoms with Gasteiger partial charge in [0.1, 0.15) is 29.3 Å². The third-order valence-corrected chi connectivity index (χ3v) is 5.96. The molecule has 33 heavy (non-hydrogen) atoms. The van der Waals surface area contributed by atoms with Crippen LogP contribution in [0.1, 0.15) is 38.5 Å². The molecule has 3 N–H and O–H groups in total. The van der Waals surface area contributed by atoms with Crippen molar-refractivity contribution in [2.45, 2.75) is 32.9 Å². The number of anilines is 1. The Bertz CT molecular complexity index is 1450. The van der Waals surface area contributed by atoms with Crippen LogP contribution in [0.5, 0.6) is 11.5 Å². The number of ether oxygens (including phenoxy) is 1. The molecule has 0 aliphatic heterocycles. The molecule has 5 aromatic rings. The highest BCUT2D eigenvalue weighted by molar-refractivity contribution is 6.00. The topological polar surface area (TPSA) is 86.2 Å². The maximum atomic E-state index is 10.1. The van der Waals surface area contributed by atoms with Crippen LogP contribution in [0.3, 0.4) is 0 Å². The molecule has 2 heterocycles. The van der Waals surface area contributed by atoms with E-state index in [0.717, 1.165) is 50.0 Å². The average Bonchev–Trinajstić information content (AvgIpc) is 3.21. The van der Waals surface area contributed by atoms with Crippen LogP contribution in [0.15, 0.2) is 73.2 Å². The molecule has 0 radical (unpaired) electrons. The van der Waals surface area contributed by atoms with Crippen molar-refractivity contribution in [3.05, 3.63) is 78.8 Å². The van der Waals surface area contributed by atoms with E-state index >= 15 is 0 Å². The van der Waals surface area contributed by atoms with Gasteiger partial charge in [-0.05, 0) is 55.5 Å². The van der Waals surface area contributed by atoms with Crippen molar-refractivity contribution in [1.29, 1.82) is 0 Å². The largest absolute Gasteiger partial charge is 0.457 e. The predicted octanol–water partition coefficient (Wildman–Crippen LogP) is 6.26. The summed E-state index contributed by atoms with van der Waals surface area (Å²) in [6, 6.07) is 20.0. The molecule has 0 aliphatic rings. The molecule has 0 amide bonds. The normalized spacial score (nSPS) is 12.5. The minimum Gasteiger partial charge on any atom is -0.457 e.